The molecule has 28 heavy (non-hydrogen) atoms. The van der Waals surface area contributed by atoms with E-state index >= 15 is 0 Å². The number of hydrogen-bond acceptors (Lipinski definition) is 9. The lowest BCUT2D eigenvalue weighted by Gasteiger charge is -2.26. The highest BCUT2D eigenvalue weighted by Crippen LogP contribution is 2.34. The Bertz CT molecular complexity index is 776. The van der Waals surface area contributed by atoms with Crippen molar-refractivity contribution >= 4 is 11.8 Å². The Morgan fingerprint density at radius 2 is 2.14 bits per heavy atom. The van der Waals surface area contributed by atoms with Crippen LogP contribution in [0.15, 0.2) is 17.1 Å². The lowest BCUT2D eigenvalue weighted by atomic mass is 10.0. The number of aromatic nitrogens is 2. The first-order valence-corrected chi connectivity index (χ1v) is 9.32. The van der Waals surface area contributed by atoms with E-state index in [0.29, 0.717) is 6.42 Å². The monoisotopic (exact) mass is 394 g/mol. The number of nitrogens with two attached hydrogens (primary N) is 1. The van der Waals surface area contributed by atoms with Gasteiger partial charge < -0.3 is 25.4 Å². The third kappa shape index (κ3) is 4.67. The van der Waals surface area contributed by atoms with Crippen molar-refractivity contribution in [3.05, 3.63) is 22.7 Å². The van der Waals surface area contributed by atoms with Crippen molar-refractivity contribution in [2.24, 2.45) is 0 Å². The lowest BCUT2D eigenvalue weighted by Crippen LogP contribution is -2.49. The molecule has 0 saturated carbocycles. The summed E-state index contributed by atoms with van der Waals surface area (Å²) in [7, 11) is 0. The maximum atomic E-state index is 12.1. The first-order valence-electron chi connectivity index (χ1n) is 9.32. The van der Waals surface area contributed by atoms with Gasteiger partial charge in [-0.25, -0.2) is 4.79 Å². The molecular weight excluding hydrogens is 368 g/mol. The number of unbranched alkanes of at least 4 members (excludes halogenated alkanes) is 4. The maximum absolute atomic E-state index is 12.1. The molecule has 0 radical (unpaired) electrons. The van der Waals surface area contributed by atoms with E-state index in [1.165, 1.54) is 6.07 Å². The van der Waals surface area contributed by atoms with Crippen molar-refractivity contribution in [2.75, 3.05) is 12.3 Å². The van der Waals surface area contributed by atoms with E-state index in [-0.39, 0.29) is 18.8 Å². The van der Waals surface area contributed by atoms with Gasteiger partial charge in [0, 0.05) is 12.6 Å². The third-order valence-corrected chi connectivity index (χ3v) is 4.67. The van der Waals surface area contributed by atoms with Gasteiger partial charge in [-0.2, -0.15) is 10.2 Å². The number of hydrogen-bond donors (Lipinski definition) is 3. The zero-order chi connectivity index (χ0) is 20.7. The average molecular weight is 394 g/mol. The van der Waals surface area contributed by atoms with E-state index in [9.17, 15) is 25.1 Å². The average Bonchev–Trinajstić information content (AvgIpc) is 2.91. The number of carbonyl (C=O) groups excluding carboxylic acids is 1. The highest BCUT2D eigenvalue weighted by atomic mass is 16.6. The molecule has 10 nitrogen and oxygen atoms in total. The summed E-state index contributed by atoms with van der Waals surface area (Å²) >= 11 is 0. The molecule has 154 valence electrons. The number of ether oxygens (including phenoxy) is 2. The minimum Gasteiger partial charge on any atom is -0.463 e. The smallest absolute Gasteiger partial charge is 0.352 e. The van der Waals surface area contributed by atoms with Gasteiger partial charge in [0.1, 0.15) is 36.8 Å². The van der Waals surface area contributed by atoms with Gasteiger partial charge in [0.05, 0.1) is 0 Å². The number of anilines is 1. The van der Waals surface area contributed by atoms with Crippen molar-refractivity contribution in [2.45, 2.75) is 69.5 Å². The molecule has 1 aliphatic rings. The molecule has 1 aliphatic heterocycles. The molecule has 2 rings (SSSR count). The topological polar surface area (TPSA) is 161 Å². The number of nitriles is 1. The van der Waals surface area contributed by atoms with Crippen LogP contribution in [0.1, 0.15) is 45.4 Å². The van der Waals surface area contributed by atoms with Gasteiger partial charge in [0.15, 0.2) is 0 Å². The molecule has 0 bridgehead atoms. The van der Waals surface area contributed by atoms with Crippen LogP contribution in [-0.2, 0) is 20.0 Å². The Kier molecular flexibility index (Phi) is 7.51. The molecule has 2 heterocycles. The minimum atomic E-state index is -2.20. The second kappa shape index (κ2) is 9.64. The highest BCUT2D eigenvalue weighted by Gasteiger charge is 2.57. The molecule has 1 fully saturated rings. The number of nitrogens with zero attached hydrogens (tertiary/aromatic N) is 3. The summed E-state index contributed by atoms with van der Waals surface area (Å²) in [6.07, 6.45) is 1.81. The summed E-state index contributed by atoms with van der Waals surface area (Å²) < 4.78 is 11.3. The molecule has 10 heteroatoms. The summed E-state index contributed by atoms with van der Waals surface area (Å²) in [5, 5.41) is 30.2. The van der Waals surface area contributed by atoms with Gasteiger partial charge in [0.25, 0.3) is 5.72 Å². The Morgan fingerprint density at radius 3 is 2.79 bits per heavy atom. The van der Waals surface area contributed by atoms with Gasteiger partial charge in [-0.3, -0.25) is 9.36 Å². The number of aliphatic hydroxyl groups excluding tert-OH is 2. The van der Waals surface area contributed by atoms with Crippen molar-refractivity contribution in [3.8, 4) is 6.07 Å². The number of carbonyl (C=O) groups is 1. The summed E-state index contributed by atoms with van der Waals surface area (Å²) in [5.74, 6) is -0.519. The number of nitrogen functional groups attached to an aromatic ring is 1. The quantitative estimate of drug-likeness (QED) is 0.387. The SMILES string of the molecule is CCCCCCCC(=O)OC[C@H]1O[C@@](C#N)(n2ccc(N)nc2=O)[C@@H](O)C1O. The normalized spacial score (nSPS) is 26.7. The molecule has 1 aromatic heterocycles. The molecule has 0 aliphatic carbocycles. The molecule has 1 aromatic rings. The van der Waals surface area contributed by atoms with Gasteiger partial charge in [-0.15, -0.1) is 0 Å². The molecular formula is C18H26N4O6. The minimum absolute atomic E-state index is 0.0632. The van der Waals surface area contributed by atoms with E-state index in [1.807, 2.05) is 0 Å². The van der Waals surface area contributed by atoms with Crippen molar-refractivity contribution < 1.29 is 24.5 Å². The number of aliphatic hydroxyl groups is 2. The summed E-state index contributed by atoms with van der Waals surface area (Å²) in [6, 6.07) is 2.97. The van der Waals surface area contributed by atoms with E-state index < -0.39 is 35.7 Å². The van der Waals surface area contributed by atoms with Crippen molar-refractivity contribution in [3.63, 3.8) is 0 Å². The van der Waals surface area contributed by atoms with Gasteiger partial charge in [-0.1, -0.05) is 32.6 Å². The predicted molar refractivity (Wildman–Crippen MR) is 97.7 cm³/mol. The van der Waals surface area contributed by atoms with E-state index in [2.05, 4.69) is 11.9 Å². The Morgan fingerprint density at radius 1 is 1.43 bits per heavy atom. The van der Waals surface area contributed by atoms with Crippen molar-refractivity contribution in [1.29, 1.82) is 5.26 Å². The molecule has 1 unspecified atom stereocenters. The molecule has 4 atom stereocenters. The summed E-state index contributed by atoms with van der Waals surface area (Å²) in [4.78, 5) is 27.4. The number of esters is 1. The molecule has 0 amide bonds. The second-order valence-electron chi connectivity index (χ2n) is 6.75. The standard InChI is InChI=1S/C18H26N4O6/c1-2-3-4-5-6-7-14(23)27-10-12-15(24)16(25)18(11-19,28-12)22-9-8-13(20)21-17(22)26/h8-9,12,15-16,24-25H,2-7,10H2,1H3,(H2,20,21,26)/t12-,15?,16+,18-/m1/s1. The van der Waals surface area contributed by atoms with Gasteiger partial charge in [0.2, 0.25) is 0 Å². The molecule has 4 N–H and O–H groups in total. The van der Waals surface area contributed by atoms with Gasteiger partial charge in [-0.05, 0) is 12.5 Å². The van der Waals surface area contributed by atoms with Crippen LogP contribution in [0.3, 0.4) is 0 Å². The predicted octanol–water partition coefficient (Wildman–Crippen LogP) is 0.0262. The summed E-state index contributed by atoms with van der Waals surface area (Å²) in [6.45, 7) is 1.75. The zero-order valence-electron chi connectivity index (χ0n) is 15.8. The van der Waals surface area contributed by atoms with Crippen LogP contribution in [0.2, 0.25) is 0 Å². The maximum Gasteiger partial charge on any atom is 0.352 e. The molecule has 0 aromatic carbocycles. The molecule has 0 spiro atoms. The van der Waals surface area contributed by atoms with Crippen LogP contribution in [-0.4, -0.2) is 50.7 Å². The van der Waals surface area contributed by atoms with Gasteiger partial charge >= 0.3 is 11.7 Å². The Balaban J connectivity index is 2.00. The van der Waals surface area contributed by atoms with E-state index in [0.717, 1.165) is 36.4 Å². The fourth-order valence-electron chi connectivity index (χ4n) is 3.07. The summed E-state index contributed by atoms with van der Waals surface area (Å²) in [5.41, 5.74) is 2.31. The largest absolute Gasteiger partial charge is 0.463 e. The van der Waals surface area contributed by atoms with Crippen molar-refractivity contribution in [1.82, 2.24) is 9.55 Å². The Labute approximate surface area is 162 Å². The first-order chi connectivity index (χ1) is 13.4. The van der Waals surface area contributed by atoms with Crippen LogP contribution in [0.25, 0.3) is 0 Å². The Hall–Kier alpha value is -2.48. The fourth-order valence-corrected chi connectivity index (χ4v) is 3.07. The van der Waals surface area contributed by atoms with Crippen LogP contribution in [0.5, 0.6) is 0 Å². The third-order valence-electron chi connectivity index (χ3n) is 4.67. The number of rotatable bonds is 9. The fraction of sp³-hybridized carbons (Fsp3) is 0.667. The van der Waals surface area contributed by atoms with E-state index in [4.69, 9.17) is 15.2 Å². The lowest BCUT2D eigenvalue weighted by molar-refractivity contribution is -0.153. The van der Waals surface area contributed by atoms with Crippen LogP contribution in [0, 0.1) is 11.3 Å². The van der Waals surface area contributed by atoms with Crippen LogP contribution >= 0.6 is 0 Å². The van der Waals surface area contributed by atoms with Crippen LogP contribution < -0.4 is 11.4 Å². The van der Waals surface area contributed by atoms with Crippen LogP contribution in [0.4, 0.5) is 5.82 Å². The highest BCUT2D eigenvalue weighted by molar-refractivity contribution is 5.69. The second-order valence-corrected chi connectivity index (χ2v) is 6.75. The zero-order valence-corrected chi connectivity index (χ0v) is 15.8. The first kappa shape index (κ1) is 21.8. The molecule has 1 saturated heterocycles. The van der Waals surface area contributed by atoms with E-state index in [1.54, 1.807) is 6.07 Å².